The molecule has 2 aromatic carbocycles. The Bertz CT molecular complexity index is 1180. The second kappa shape index (κ2) is 7.76. The third-order valence-electron chi connectivity index (χ3n) is 7.99. The van der Waals surface area contributed by atoms with E-state index in [0.29, 0.717) is 29.5 Å². The van der Waals surface area contributed by atoms with Gasteiger partial charge in [-0.3, -0.25) is 19.3 Å². The molecule has 1 heterocycles. The molecular formula is C28H25NO5. The van der Waals surface area contributed by atoms with Gasteiger partial charge in [0.1, 0.15) is 0 Å². The van der Waals surface area contributed by atoms with Crippen molar-refractivity contribution in [2.24, 2.45) is 35.5 Å². The number of ketones is 1. The average Bonchev–Trinajstić information content (AvgIpc) is 3.65. The summed E-state index contributed by atoms with van der Waals surface area (Å²) in [5.41, 5.74) is 1.23. The molecule has 1 saturated heterocycles. The smallest absolute Gasteiger partial charge is 0.338 e. The summed E-state index contributed by atoms with van der Waals surface area (Å²) in [5, 5.41) is 0. The Hall–Kier alpha value is -3.54. The lowest BCUT2D eigenvalue weighted by Gasteiger charge is -2.37. The van der Waals surface area contributed by atoms with Gasteiger partial charge in [0.15, 0.2) is 6.10 Å². The van der Waals surface area contributed by atoms with Crippen LogP contribution in [0.4, 0.5) is 5.69 Å². The third-order valence-corrected chi connectivity index (χ3v) is 7.99. The minimum Gasteiger partial charge on any atom is -0.450 e. The quantitative estimate of drug-likeness (QED) is 0.284. The molecule has 0 radical (unpaired) electrons. The number of nitrogens with zero attached hydrogens (tertiary/aromatic N) is 1. The molecule has 2 bridgehead atoms. The monoisotopic (exact) mass is 455 g/mol. The van der Waals surface area contributed by atoms with E-state index in [9.17, 15) is 19.2 Å². The summed E-state index contributed by atoms with van der Waals surface area (Å²) in [6.45, 7) is 1.79. The fraction of sp³-hybridized carbons (Fsp3) is 0.357. The maximum Gasteiger partial charge on any atom is 0.338 e. The van der Waals surface area contributed by atoms with E-state index in [2.05, 4.69) is 12.2 Å². The number of carbonyl (C=O) groups excluding carboxylic acids is 4. The number of carbonyl (C=O) groups is 4. The number of imide groups is 1. The second-order valence-electron chi connectivity index (χ2n) is 9.75. The number of ether oxygens (including phenoxy) is 1. The molecule has 7 atom stereocenters. The standard InChI is InChI=1S/C28H25NO5/c1-2-22(25(30)15-6-4-3-5-7-15)34-28(33)16-8-10-17(11-9-16)29-26(31)23-18-12-13-19(21-14-20(18)21)24(23)27(29)32/h3-13,18-24H,2,14H2,1H3. The van der Waals surface area contributed by atoms with E-state index in [1.165, 1.54) is 4.90 Å². The van der Waals surface area contributed by atoms with Crippen LogP contribution in [0.15, 0.2) is 66.7 Å². The topological polar surface area (TPSA) is 80.8 Å². The summed E-state index contributed by atoms with van der Waals surface area (Å²) in [7, 11) is 0. The maximum atomic E-state index is 13.3. The van der Waals surface area contributed by atoms with Crippen LogP contribution in [0.3, 0.4) is 0 Å². The van der Waals surface area contributed by atoms with Crippen molar-refractivity contribution in [2.45, 2.75) is 25.9 Å². The third kappa shape index (κ3) is 3.08. The van der Waals surface area contributed by atoms with E-state index in [4.69, 9.17) is 4.74 Å². The molecule has 7 rings (SSSR count). The van der Waals surface area contributed by atoms with Gasteiger partial charge in [0.05, 0.1) is 23.1 Å². The lowest BCUT2D eigenvalue weighted by atomic mass is 9.63. The lowest BCUT2D eigenvalue weighted by molar-refractivity contribution is -0.124. The summed E-state index contributed by atoms with van der Waals surface area (Å²) in [6.07, 6.45) is 4.89. The number of rotatable bonds is 6. The Labute approximate surface area is 197 Å². The Morgan fingerprint density at radius 2 is 1.47 bits per heavy atom. The van der Waals surface area contributed by atoms with Crippen LogP contribution in [-0.2, 0) is 14.3 Å². The van der Waals surface area contributed by atoms with Crippen LogP contribution in [0.25, 0.3) is 0 Å². The largest absolute Gasteiger partial charge is 0.450 e. The van der Waals surface area contributed by atoms with Crippen molar-refractivity contribution in [3.63, 3.8) is 0 Å². The van der Waals surface area contributed by atoms with E-state index < -0.39 is 12.1 Å². The van der Waals surface area contributed by atoms with E-state index in [1.54, 1.807) is 55.5 Å². The number of anilines is 1. The maximum absolute atomic E-state index is 13.3. The highest BCUT2D eigenvalue weighted by molar-refractivity contribution is 6.22. The molecule has 172 valence electrons. The normalized spacial score (nSPS) is 31.1. The molecule has 6 nitrogen and oxygen atoms in total. The van der Waals surface area contributed by atoms with Crippen LogP contribution in [0.2, 0.25) is 0 Å². The minimum absolute atomic E-state index is 0.130. The van der Waals surface area contributed by atoms with Gasteiger partial charge >= 0.3 is 5.97 Å². The molecule has 5 aliphatic rings. The van der Waals surface area contributed by atoms with Crippen molar-refractivity contribution in [3.8, 4) is 0 Å². The first-order valence-electron chi connectivity index (χ1n) is 12.0. The van der Waals surface area contributed by atoms with Crippen LogP contribution in [0, 0.1) is 35.5 Å². The van der Waals surface area contributed by atoms with E-state index >= 15 is 0 Å². The van der Waals surface area contributed by atoms with E-state index in [1.807, 2.05) is 6.07 Å². The molecular weight excluding hydrogens is 430 g/mol. The summed E-state index contributed by atoms with van der Waals surface area (Å²) in [4.78, 5) is 53.2. The van der Waals surface area contributed by atoms with Crippen LogP contribution < -0.4 is 4.90 Å². The van der Waals surface area contributed by atoms with Crippen molar-refractivity contribution >= 4 is 29.3 Å². The minimum atomic E-state index is -0.881. The van der Waals surface area contributed by atoms with Crippen molar-refractivity contribution < 1.29 is 23.9 Å². The van der Waals surface area contributed by atoms with Crippen LogP contribution in [0.5, 0.6) is 0 Å². The van der Waals surface area contributed by atoms with Crippen molar-refractivity contribution in [1.29, 1.82) is 0 Å². The van der Waals surface area contributed by atoms with Gasteiger partial charge in [-0.05, 0) is 60.8 Å². The fourth-order valence-electron chi connectivity index (χ4n) is 6.27. The van der Waals surface area contributed by atoms with Gasteiger partial charge in [-0.1, -0.05) is 49.4 Å². The Morgan fingerprint density at radius 1 is 0.882 bits per heavy atom. The van der Waals surface area contributed by atoms with Gasteiger partial charge in [-0.15, -0.1) is 0 Å². The molecule has 0 spiro atoms. The molecule has 6 heteroatoms. The van der Waals surface area contributed by atoms with Gasteiger partial charge in [0, 0.05) is 5.56 Å². The number of esters is 1. The van der Waals surface area contributed by atoms with Gasteiger partial charge in [-0.2, -0.15) is 0 Å². The number of Topliss-reactive ketones (excluding diaryl/α,β-unsaturated/α-hetero) is 1. The summed E-state index contributed by atoms with van der Waals surface area (Å²) in [6, 6.07) is 15.1. The summed E-state index contributed by atoms with van der Waals surface area (Å²) < 4.78 is 5.50. The van der Waals surface area contributed by atoms with Crippen LogP contribution in [-0.4, -0.2) is 29.7 Å². The van der Waals surface area contributed by atoms with E-state index in [0.717, 1.165) is 6.42 Å². The zero-order valence-corrected chi connectivity index (χ0v) is 18.8. The summed E-state index contributed by atoms with van der Waals surface area (Å²) >= 11 is 0. The first kappa shape index (κ1) is 21.0. The lowest BCUT2D eigenvalue weighted by Crippen LogP contribution is -2.40. The highest BCUT2D eigenvalue weighted by Crippen LogP contribution is 2.65. The number of allylic oxidation sites excluding steroid dienone is 2. The Kier molecular flexibility index (Phi) is 4.80. The zero-order valence-electron chi connectivity index (χ0n) is 18.8. The molecule has 4 aliphatic carbocycles. The van der Waals surface area contributed by atoms with Crippen molar-refractivity contribution in [1.82, 2.24) is 0 Å². The predicted octanol–water partition coefficient (Wildman–Crippen LogP) is 4.06. The molecule has 2 saturated carbocycles. The Balaban J connectivity index is 1.18. The number of hydrogen-bond acceptors (Lipinski definition) is 5. The first-order chi connectivity index (χ1) is 16.5. The number of benzene rings is 2. The zero-order chi connectivity index (χ0) is 23.6. The highest BCUT2D eigenvalue weighted by Gasteiger charge is 2.67. The SMILES string of the molecule is CCC(OC(=O)c1ccc(N2C(=O)C3C4C=CC(C5CC45)C3C2=O)cc1)C(=O)c1ccccc1. The van der Waals surface area contributed by atoms with Gasteiger partial charge in [0.25, 0.3) is 0 Å². The first-order valence-corrected chi connectivity index (χ1v) is 12.0. The average molecular weight is 456 g/mol. The molecule has 34 heavy (non-hydrogen) atoms. The molecule has 2 amide bonds. The highest BCUT2D eigenvalue weighted by atomic mass is 16.5. The van der Waals surface area contributed by atoms with Gasteiger partial charge in [-0.25, -0.2) is 4.79 Å². The predicted molar refractivity (Wildman–Crippen MR) is 124 cm³/mol. The molecule has 0 aromatic heterocycles. The Morgan fingerprint density at radius 3 is 2.03 bits per heavy atom. The van der Waals surface area contributed by atoms with Gasteiger partial charge in [0.2, 0.25) is 17.6 Å². The fourth-order valence-corrected chi connectivity index (χ4v) is 6.27. The van der Waals surface area contributed by atoms with Crippen LogP contribution in [0.1, 0.15) is 40.5 Å². The van der Waals surface area contributed by atoms with Crippen LogP contribution >= 0.6 is 0 Å². The molecule has 1 aliphatic heterocycles. The molecule has 0 N–H and O–H groups in total. The number of hydrogen-bond donors (Lipinski definition) is 0. The van der Waals surface area contributed by atoms with Crippen molar-refractivity contribution in [2.75, 3.05) is 4.90 Å². The second-order valence-corrected chi connectivity index (χ2v) is 9.75. The number of amides is 2. The molecule has 3 fully saturated rings. The molecule has 2 aromatic rings. The van der Waals surface area contributed by atoms with Crippen molar-refractivity contribution in [3.05, 3.63) is 77.9 Å². The van der Waals surface area contributed by atoms with E-state index in [-0.39, 0.29) is 46.8 Å². The summed E-state index contributed by atoms with van der Waals surface area (Å²) in [5.74, 6) is -0.194. The van der Waals surface area contributed by atoms with Gasteiger partial charge < -0.3 is 4.74 Å². The molecule has 7 unspecified atom stereocenters.